The smallest absolute Gasteiger partial charge is 0.225 e. The molecule has 0 bridgehead atoms. The molecule has 0 amide bonds. The Labute approximate surface area is 87.7 Å². The van der Waals surface area contributed by atoms with E-state index in [-0.39, 0.29) is 5.60 Å². The van der Waals surface area contributed by atoms with E-state index in [1.54, 1.807) is 7.11 Å². The van der Waals surface area contributed by atoms with E-state index in [4.69, 9.17) is 17.0 Å². The summed E-state index contributed by atoms with van der Waals surface area (Å²) in [5, 5.41) is 6.92. The highest BCUT2D eigenvalue weighted by molar-refractivity contribution is 7.71. The van der Waals surface area contributed by atoms with E-state index in [1.165, 1.54) is 0 Å². The van der Waals surface area contributed by atoms with Gasteiger partial charge in [-0.25, -0.2) is 5.10 Å². The summed E-state index contributed by atoms with van der Waals surface area (Å²) in [5.74, 6) is 0.879. The molecule has 14 heavy (non-hydrogen) atoms. The molecule has 6 heteroatoms. The van der Waals surface area contributed by atoms with Crippen LogP contribution in [0, 0.1) is 4.77 Å². The van der Waals surface area contributed by atoms with Crippen LogP contribution < -0.4 is 4.90 Å². The fraction of sp³-hybridized carbons (Fsp3) is 0.750. The average Bonchev–Trinajstić information content (AvgIpc) is 2.43. The lowest BCUT2D eigenvalue weighted by molar-refractivity contribution is -0.0177. The van der Waals surface area contributed by atoms with Crippen LogP contribution in [-0.2, 0) is 11.8 Å². The molecule has 1 saturated heterocycles. The van der Waals surface area contributed by atoms with Gasteiger partial charge >= 0.3 is 0 Å². The molecule has 1 fully saturated rings. The number of hydrogen-bond donors (Lipinski definition) is 1. The summed E-state index contributed by atoms with van der Waals surface area (Å²) in [6, 6.07) is 0. The number of aromatic amines is 1. The van der Waals surface area contributed by atoms with Crippen molar-refractivity contribution in [1.82, 2.24) is 14.8 Å². The highest BCUT2D eigenvalue weighted by Gasteiger charge is 2.40. The maximum atomic E-state index is 5.36. The first kappa shape index (κ1) is 9.67. The maximum absolute atomic E-state index is 5.36. The molecule has 1 aliphatic heterocycles. The van der Waals surface area contributed by atoms with Gasteiger partial charge in [0.2, 0.25) is 5.95 Å². The van der Waals surface area contributed by atoms with Crippen molar-refractivity contribution >= 4 is 18.2 Å². The standard InChI is InChI=1S/C8H14N4OS/c1-8(13-3)4-12(5-8)6-9-10-7(14)11(6)2/h4-5H2,1-3H3,(H,10,14). The minimum absolute atomic E-state index is 0.0342. The second-order valence-electron chi connectivity index (χ2n) is 3.90. The van der Waals surface area contributed by atoms with Crippen LogP contribution in [0.15, 0.2) is 0 Å². The fourth-order valence-electron chi connectivity index (χ4n) is 1.65. The summed E-state index contributed by atoms with van der Waals surface area (Å²) >= 11 is 5.04. The Kier molecular flexibility index (Phi) is 2.11. The third-order valence-corrected chi connectivity index (χ3v) is 3.05. The summed E-state index contributed by atoms with van der Waals surface area (Å²) in [5.41, 5.74) is -0.0342. The van der Waals surface area contributed by atoms with Crippen molar-refractivity contribution in [3.8, 4) is 0 Å². The van der Waals surface area contributed by atoms with Crippen molar-refractivity contribution < 1.29 is 4.74 Å². The summed E-state index contributed by atoms with van der Waals surface area (Å²) < 4.78 is 7.87. The highest BCUT2D eigenvalue weighted by Crippen LogP contribution is 2.27. The van der Waals surface area contributed by atoms with Crippen molar-refractivity contribution in [2.24, 2.45) is 7.05 Å². The highest BCUT2D eigenvalue weighted by atomic mass is 32.1. The third kappa shape index (κ3) is 1.34. The summed E-state index contributed by atoms with van der Waals surface area (Å²) in [6.45, 7) is 3.80. The van der Waals surface area contributed by atoms with Gasteiger partial charge in [-0.15, -0.1) is 5.10 Å². The molecule has 78 valence electrons. The lowest BCUT2D eigenvalue weighted by Crippen LogP contribution is -2.61. The van der Waals surface area contributed by atoms with Crippen LogP contribution in [-0.4, -0.2) is 40.6 Å². The molecule has 1 aromatic rings. The van der Waals surface area contributed by atoms with Gasteiger partial charge < -0.3 is 9.64 Å². The number of ether oxygens (including phenoxy) is 1. The second kappa shape index (κ2) is 3.06. The van der Waals surface area contributed by atoms with E-state index in [0.29, 0.717) is 4.77 Å². The molecule has 1 aliphatic rings. The molecule has 1 aromatic heterocycles. The van der Waals surface area contributed by atoms with Gasteiger partial charge in [0, 0.05) is 14.2 Å². The molecular weight excluding hydrogens is 200 g/mol. The topological polar surface area (TPSA) is 46.1 Å². The van der Waals surface area contributed by atoms with Gasteiger partial charge in [-0.2, -0.15) is 0 Å². The number of methoxy groups -OCH3 is 1. The minimum Gasteiger partial charge on any atom is -0.375 e. The zero-order chi connectivity index (χ0) is 10.3. The van der Waals surface area contributed by atoms with Crippen LogP contribution in [0.4, 0.5) is 5.95 Å². The molecule has 5 nitrogen and oxygen atoms in total. The normalized spacial score (nSPS) is 19.5. The van der Waals surface area contributed by atoms with Crippen LogP contribution in [0.25, 0.3) is 0 Å². The number of hydrogen-bond acceptors (Lipinski definition) is 4. The van der Waals surface area contributed by atoms with Crippen LogP contribution in [0.2, 0.25) is 0 Å². The van der Waals surface area contributed by atoms with Crippen molar-refractivity contribution in [3.05, 3.63) is 4.77 Å². The summed E-state index contributed by atoms with van der Waals surface area (Å²) in [4.78, 5) is 2.13. The molecule has 0 saturated carbocycles. The monoisotopic (exact) mass is 214 g/mol. The summed E-state index contributed by atoms with van der Waals surface area (Å²) in [6.07, 6.45) is 0. The maximum Gasteiger partial charge on any atom is 0.225 e. The van der Waals surface area contributed by atoms with E-state index in [2.05, 4.69) is 22.0 Å². The summed E-state index contributed by atoms with van der Waals surface area (Å²) in [7, 11) is 3.64. The third-order valence-electron chi connectivity index (χ3n) is 2.68. The molecular formula is C8H14N4OS. The van der Waals surface area contributed by atoms with Crippen LogP contribution >= 0.6 is 12.2 Å². The van der Waals surface area contributed by atoms with Crippen molar-refractivity contribution in [2.75, 3.05) is 25.1 Å². The van der Waals surface area contributed by atoms with Crippen LogP contribution in [0.1, 0.15) is 6.92 Å². The van der Waals surface area contributed by atoms with E-state index in [9.17, 15) is 0 Å². The molecule has 0 atom stereocenters. The lowest BCUT2D eigenvalue weighted by atomic mass is 9.97. The molecule has 1 N–H and O–H groups in total. The Hall–Kier alpha value is -0.880. The van der Waals surface area contributed by atoms with Crippen molar-refractivity contribution in [3.63, 3.8) is 0 Å². The predicted octanol–water partition coefficient (Wildman–Crippen LogP) is 0.703. The lowest BCUT2D eigenvalue weighted by Gasteiger charge is -2.46. The molecule has 0 radical (unpaired) electrons. The predicted molar refractivity (Wildman–Crippen MR) is 56.0 cm³/mol. The molecule has 2 rings (SSSR count). The van der Waals surface area contributed by atoms with Gasteiger partial charge in [0.25, 0.3) is 0 Å². The fourth-order valence-corrected chi connectivity index (χ4v) is 1.78. The SMILES string of the molecule is COC1(C)CN(c2n[nH]c(=S)n2C)C1. The zero-order valence-electron chi connectivity index (χ0n) is 8.57. The zero-order valence-corrected chi connectivity index (χ0v) is 9.39. The van der Waals surface area contributed by atoms with Gasteiger partial charge in [-0.3, -0.25) is 4.57 Å². The molecule has 0 unspecified atom stereocenters. The number of nitrogens with zero attached hydrogens (tertiary/aromatic N) is 3. The molecule has 0 spiro atoms. The molecule has 0 aliphatic carbocycles. The van der Waals surface area contributed by atoms with Crippen LogP contribution in [0.5, 0.6) is 0 Å². The first-order chi connectivity index (χ1) is 6.56. The van der Waals surface area contributed by atoms with Gasteiger partial charge in [0.15, 0.2) is 4.77 Å². The Bertz CT molecular complexity index is 390. The van der Waals surface area contributed by atoms with Crippen molar-refractivity contribution in [1.29, 1.82) is 0 Å². The second-order valence-corrected chi connectivity index (χ2v) is 4.28. The van der Waals surface area contributed by atoms with Gasteiger partial charge in [0.1, 0.15) is 5.60 Å². The Morgan fingerprint density at radius 1 is 1.57 bits per heavy atom. The van der Waals surface area contributed by atoms with Crippen molar-refractivity contribution in [2.45, 2.75) is 12.5 Å². The largest absolute Gasteiger partial charge is 0.375 e. The van der Waals surface area contributed by atoms with E-state index in [1.807, 2.05) is 11.6 Å². The number of aromatic nitrogens is 3. The van der Waals surface area contributed by atoms with E-state index in [0.717, 1.165) is 19.0 Å². The molecule has 2 heterocycles. The van der Waals surface area contributed by atoms with E-state index >= 15 is 0 Å². The Balaban J connectivity index is 2.14. The quantitative estimate of drug-likeness (QED) is 0.736. The van der Waals surface area contributed by atoms with Gasteiger partial charge in [-0.1, -0.05) is 0 Å². The number of anilines is 1. The van der Waals surface area contributed by atoms with E-state index < -0.39 is 0 Å². The number of H-pyrrole nitrogens is 1. The Morgan fingerprint density at radius 2 is 2.21 bits per heavy atom. The first-order valence-corrected chi connectivity index (χ1v) is 4.88. The van der Waals surface area contributed by atoms with Gasteiger partial charge in [-0.05, 0) is 19.1 Å². The first-order valence-electron chi connectivity index (χ1n) is 4.47. The minimum atomic E-state index is -0.0342. The number of rotatable bonds is 2. The number of nitrogens with one attached hydrogen (secondary N) is 1. The Morgan fingerprint density at radius 3 is 2.64 bits per heavy atom. The van der Waals surface area contributed by atoms with Gasteiger partial charge in [0.05, 0.1) is 13.1 Å². The average molecular weight is 214 g/mol. The van der Waals surface area contributed by atoms with Crippen LogP contribution in [0.3, 0.4) is 0 Å². The molecule has 0 aromatic carbocycles.